The van der Waals surface area contributed by atoms with E-state index in [1.807, 2.05) is 18.2 Å². The summed E-state index contributed by atoms with van der Waals surface area (Å²) in [5.41, 5.74) is 7.82. The third-order valence-electron chi connectivity index (χ3n) is 3.34. The number of nitrogens with one attached hydrogen (secondary N) is 1. The second-order valence-electron chi connectivity index (χ2n) is 4.81. The Morgan fingerprint density at radius 3 is 2.45 bits per heavy atom. The van der Waals surface area contributed by atoms with E-state index >= 15 is 0 Å². The third-order valence-corrected chi connectivity index (χ3v) is 3.34. The molecule has 0 aliphatic carbocycles. The van der Waals surface area contributed by atoms with E-state index in [1.165, 1.54) is 0 Å². The van der Waals surface area contributed by atoms with Crippen LogP contribution in [0.25, 0.3) is 0 Å². The Labute approximate surface area is 130 Å². The van der Waals surface area contributed by atoms with Crippen LogP contribution in [0.1, 0.15) is 15.9 Å². The average molecular weight is 300 g/mol. The molecule has 0 saturated heterocycles. The SMILES string of the molecule is COc1ccc(OC)c(CCNC(=O)c2ccc(N)cc2)c1. The second-order valence-corrected chi connectivity index (χ2v) is 4.81. The van der Waals surface area contributed by atoms with Crippen molar-refractivity contribution in [2.45, 2.75) is 6.42 Å². The highest BCUT2D eigenvalue weighted by molar-refractivity contribution is 5.94. The number of benzene rings is 2. The highest BCUT2D eigenvalue weighted by Gasteiger charge is 2.07. The van der Waals surface area contributed by atoms with Crippen molar-refractivity contribution in [2.75, 3.05) is 26.5 Å². The molecule has 5 heteroatoms. The van der Waals surface area contributed by atoms with Gasteiger partial charge < -0.3 is 20.5 Å². The lowest BCUT2D eigenvalue weighted by Crippen LogP contribution is -2.25. The summed E-state index contributed by atoms with van der Waals surface area (Å²) in [6, 6.07) is 12.4. The maximum absolute atomic E-state index is 12.0. The van der Waals surface area contributed by atoms with Crippen LogP contribution in [0.2, 0.25) is 0 Å². The van der Waals surface area contributed by atoms with E-state index in [1.54, 1.807) is 38.5 Å². The molecule has 0 aliphatic rings. The lowest BCUT2D eigenvalue weighted by atomic mass is 10.1. The summed E-state index contributed by atoms with van der Waals surface area (Å²) in [6.45, 7) is 0.507. The zero-order chi connectivity index (χ0) is 15.9. The van der Waals surface area contributed by atoms with Crippen LogP contribution < -0.4 is 20.5 Å². The molecule has 0 atom stereocenters. The number of nitrogen functional groups attached to an aromatic ring is 1. The van der Waals surface area contributed by atoms with Crippen molar-refractivity contribution < 1.29 is 14.3 Å². The third kappa shape index (κ3) is 3.91. The van der Waals surface area contributed by atoms with Crippen molar-refractivity contribution in [3.8, 4) is 11.5 Å². The number of anilines is 1. The first kappa shape index (κ1) is 15.7. The van der Waals surface area contributed by atoms with E-state index in [4.69, 9.17) is 15.2 Å². The van der Waals surface area contributed by atoms with Crippen molar-refractivity contribution in [2.24, 2.45) is 0 Å². The highest BCUT2D eigenvalue weighted by Crippen LogP contribution is 2.24. The lowest BCUT2D eigenvalue weighted by molar-refractivity contribution is 0.0954. The molecular weight excluding hydrogens is 280 g/mol. The molecule has 0 fully saturated rings. The van der Waals surface area contributed by atoms with Crippen LogP contribution in [0.5, 0.6) is 11.5 Å². The maximum Gasteiger partial charge on any atom is 0.251 e. The number of nitrogens with two attached hydrogens (primary N) is 1. The van der Waals surface area contributed by atoms with Crippen molar-refractivity contribution >= 4 is 11.6 Å². The van der Waals surface area contributed by atoms with E-state index < -0.39 is 0 Å². The van der Waals surface area contributed by atoms with Gasteiger partial charge in [-0.3, -0.25) is 4.79 Å². The van der Waals surface area contributed by atoms with E-state index in [9.17, 15) is 4.79 Å². The number of amides is 1. The predicted octanol–water partition coefficient (Wildman–Crippen LogP) is 2.26. The van der Waals surface area contributed by atoms with Crippen LogP contribution in [0.3, 0.4) is 0 Å². The minimum Gasteiger partial charge on any atom is -0.497 e. The van der Waals surface area contributed by atoms with Crippen LogP contribution in [0.15, 0.2) is 42.5 Å². The molecule has 116 valence electrons. The molecule has 2 aromatic carbocycles. The number of methoxy groups -OCH3 is 2. The average Bonchev–Trinajstić information content (AvgIpc) is 2.55. The Bertz CT molecular complexity index is 639. The molecule has 2 aromatic rings. The molecule has 0 saturated carbocycles. The molecule has 0 aromatic heterocycles. The summed E-state index contributed by atoms with van der Waals surface area (Å²) in [5, 5.41) is 2.88. The Hall–Kier alpha value is -2.69. The minimum atomic E-state index is -0.123. The molecule has 1 amide bonds. The van der Waals surface area contributed by atoms with E-state index in [-0.39, 0.29) is 5.91 Å². The predicted molar refractivity (Wildman–Crippen MR) is 86.4 cm³/mol. The van der Waals surface area contributed by atoms with Gasteiger partial charge in [0.2, 0.25) is 0 Å². The van der Waals surface area contributed by atoms with Gasteiger partial charge in [-0.25, -0.2) is 0 Å². The first-order valence-electron chi connectivity index (χ1n) is 6.98. The fourth-order valence-corrected chi connectivity index (χ4v) is 2.12. The van der Waals surface area contributed by atoms with Gasteiger partial charge in [-0.2, -0.15) is 0 Å². The normalized spacial score (nSPS) is 10.1. The lowest BCUT2D eigenvalue weighted by Gasteiger charge is -2.11. The molecule has 22 heavy (non-hydrogen) atoms. The summed E-state index contributed by atoms with van der Waals surface area (Å²) < 4.78 is 10.5. The van der Waals surface area contributed by atoms with Gasteiger partial charge in [0, 0.05) is 17.8 Å². The van der Waals surface area contributed by atoms with E-state index in [0.29, 0.717) is 24.2 Å². The molecule has 0 radical (unpaired) electrons. The van der Waals surface area contributed by atoms with E-state index in [2.05, 4.69) is 5.32 Å². The van der Waals surface area contributed by atoms with Gasteiger partial charge in [0.15, 0.2) is 0 Å². The molecular formula is C17H20N2O3. The number of hydrogen-bond donors (Lipinski definition) is 2. The molecule has 5 nitrogen and oxygen atoms in total. The Morgan fingerprint density at radius 2 is 1.82 bits per heavy atom. The minimum absolute atomic E-state index is 0.123. The van der Waals surface area contributed by atoms with Gasteiger partial charge in [-0.05, 0) is 54.4 Å². The molecule has 0 heterocycles. The quantitative estimate of drug-likeness (QED) is 0.803. The Balaban J connectivity index is 1.95. The van der Waals surface area contributed by atoms with Crippen molar-refractivity contribution in [1.82, 2.24) is 5.32 Å². The largest absolute Gasteiger partial charge is 0.497 e. The van der Waals surface area contributed by atoms with Crippen molar-refractivity contribution in [1.29, 1.82) is 0 Å². The summed E-state index contributed by atoms with van der Waals surface area (Å²) in [7, 11) is 3.24. The number of hydrogen-bond acceptors (Lipinski definition) is 4. The summed E-state index contributed by atoms with van der Waals surface area (Å²) >= 11 is 0. The number of ether oxygens (including phenoxy) is 2. The van der Waals surface area contributed by atoms with E-state index in [0.717, 1.165) is 17.1 Å². The number of carbonyl (C=O) groups is 1. The zero-order valence-corrected chi connectivity index (χ0v) is 12.8. The second kappa shape index (κ2) is 7.36. The first-order valence-corrected chi connectivity index (χ1v) is 6.98. The fraction of sp³-hybridized carbons (Fsp3) is 0.235. The molecule has 0 spiro atoms. The van der Waals surface area contributed by atoms with Gasteiger partial charge in [-0.1, -0.05) is 0 Å². The smallest absolute Gasteiger partial charge is 0.251 e. The molecule has 0 bridgehead atoms. The van der Waals surface area contributed by atoms with Crippen molar-refractivity contribution in [3.63, 3.8) is 0 Å². The zero-order valence-electron chi connectivity index (χ0n) is 12.8. The van der Waals surface area contributed by atoms with Gasteiger partial charge in [0.05, 0.1) is 14.2 Å². The Kier molecular flexibility index (Phi) is 5.25. The van der Waals surface area contributed by atoms with Crippen LogP contribution in [-0.4, -0.2) is 26.7 Å². The molecule has 0 unspecified atom stereocenters. The summed E-state index contributed by atoms with van der Waals surface area (Å²) in [6.07, 6.45) is 0.654. The van der Waals surface area contributed by atoms with Gasteiger partial charge >= 0.3 is 0 Å². The van der Waals surface area contributed by atoms with Crippen LogP contribution in [0, 0.1) is 0 Å². The fourth-order valence-electron chi connectivity index (χ4n) is 2.12. The maximum atomic E-state index is 12.0. The van der Waals surface area contributed by atoms with Gasteiger partial charge in [0.25, 0.3) is 5.91 Å². The Morgan fingerprint density at radius 1 is 1.09 bits per heavy atom. The molecule has 3 N–H and O–H groups in total. The summed E-state index contributed by atoms with van der Waals surface area (Å²) in [4.78, 5) is 12.0. The molecule has 2 rings (SSSR count). The van der Waals surface area contributed by atoms with Gasteiger partial charge in [-0.15, -0.1) is 0 Å². The summed E-state index contributed by atoms with van der Waals surface area (Å²) in [5.74, 6) is 1.42. The first-order chi connectivity index (χ1) is 10.6. The number of rotatable bonds is 6. The topological polar surface area (TPSA) is 73.6 Å². The van der Waals surface area contributed by atoms with Crippen molar-refractivity contribution in [3.05, 3.63) is 53.6 Å². The molecule has 0 aliphatic heterocycles. The number of carbonyl (C=O) groups excluding carboxylic acids is 1. The van der Waals surface area contributed by atoms with Gasteiger partial charge in [0.1, 0.15) is 11.5 Å². The monoisotopic (exact) mass is 300 g/mol. The van der Waals surface area contributed by atoms with Crippen LogP contribution >= 0.6 is 0 Å². The standard InChI is InChI=1S/C17H20N2O3/c1-21-15-7-8-16(22-2)13(11-15)9-10-19-17(20)12-3-5-14(18)6-4-12/h3-8,11H,9-10,18H2,1-2H3,(H,19,20). The highest BCUT2D eigenvalue weighted by atomic mass is 16.5. The van der Waals surface area contributed by atoms with Crippen LogP contribution in [0.4, 0.5) is 5.69 Å². The van der Waals surface area contributed by atoms with Crippen LogP contribution in [-0.2, 0) is 6.42 Å².